The number of hydrogen-bond acceptors (Lipinski definition) is 5. The molecule has 0 unspecified atom stereocenters. The summed E-state index contributed by atoms with van der Waals surface area (Å²) in [5, 5.41) is 3.34. The highest BCUT2D eigenvalue weighted by molar-refractivity contribution is 5.95. The predicted molar refractivity (Wildman–Crippen MR) is 106 cm³/mol. The van der Waals surface area contributed by atoms with Crippen molar-refractivity contribution in [1.29, 1.82) is 0 Å². The smallest absolute Gasteiger partial charge is 0.251 e. The van der Waals surface area contributed by atoms with Crippen molar-refractivity contribution in [3.63, 3.8) is 0 Å². The lowest BCUT2D eigenvalue weighted by Gasteiger charge is -2.37. The van der Waals surface area contributed by atoms with Crippen molar-refractivity contribution in [3.05, 3.63) is 52.6 Å². The van der Waals surface area contributed by atoms with Crippen molar-refractivity contribution < 1.29 is 9.53 Å². The molecule has 1 saturated carbocycles. The largest absolute Gasteiger partial charge is 0.379 e. The molecule has 2 heterocycles. The molecule has 0 radical (unpaired) electrons. The van der Waals surface area contributed by atoms with Crippen molar-refractivity contribution in [1.82, 2.24) is 20.2 Å². The summed E-state index contributed by atoms with van der Waals surface area (Å²) in [6.45, 7) is 4.23. The SMILES string of the molecule is O=C(NC1(CN2CCOCC2)CCCC1)c1cccc(-c2cc(=O)[nH]cn2)c1. The summed E-state index contributed by atoms with van der Waals surface area (Å²) in [5.41, 5.74) is 1.52. The number of morpholine rings is 1. The van der Waals surface area contributed by atoms with Crippen LogP contribution in [0.4, 0.5) is 0 Å². The number of aromatic amines is 1. The predicted octanol–water partition coefficient (Wildman–Crippen LogP) is 1.81. The van der Waals surface area contributed by atoms with Crippen LogP contribution in [0.2, 0.25) is 0 Å². The van der Waals surface area contributed by atoms with E-state index in [2.05, 4.69) is 20.2 Å². The lowest BCUT2D eigenvalue weighted by Crippen LogP contribution is -2.55. The summed E-state index contributed by atoms with van der Waals surface area (Å²) >= 11 is 0. The van der Waals surface area contributed by atoms with E-state index in [1.54, 1.807) is 6.07 Å². The molecule has 1 saturated heterocycles. The first-order chi connectivity index (χ1) is 13.6. The van der Waals surface area contributed by atoms with E-state index in [0.29, 0.717) is 11.3 Å². The van der Waals surface area contributed by atoms with E-state index in [0.717, 1.165) is 64.1 Å². The van der Waals surface area contributed by atoms with Crippen LogP contribution in [0.15, 0.2) is 41.5 Å². The summed E-state index contributed by atoms with van der Waals surface area (Å²) < 4.78 is 5.45. The number of hydrogen-bond donors (Lipinski definition) is 2. The lowest BCUT2D eigenvalue weighted by molar-refractivity contribution is 0.0238. The van der Waals surface area contributed by atoms with Crippen molar-refractivity contribution in [2.24, 2.45) is 0 Å². The highest BCUT2D eigenvalue weighted by Gasteiger charge is 2.37. The lowest BCUT2D eigenvalue weighted by atomic mass is 9.95. The third-order valence-electron chi connectivity index (χ3n) is 5.67. The maximum absolute atomic E-state index is 13.1. The average molecular weight is 382 g/mol. The Morgan fingerprint density at radius 1 is 1.21 bits per heavy atom. The van der Waals surface area contributed by atoms with E-state index >= 15 is 0 Å². The zero-order valence-electron chi connectivity index (χ0n) is 15.9. The van der Waals surface area contributed by atoms with E-state index < -0.39 is 0 Å². The van der Waals surface area contributed by atoms with Gasteiger partial charge in [-0.3, -0.25) is 14.5 Å². The third-order valence-corrected chi connectivity index (χ3v) is 5.67. The standard InChI is InChI=1S/C21H26N4O3/c26-19-13-18(22-15-23-19)16-4-3-5-17(12-16)20(27)24-21(6-1-2-7-21)14-25-8-10-28-11-9-25/h3-5,12-13,15H,1-2,6-11,14H2,(H,24,27)(H,22,23,26). The van der Waals surface area contributed by atoms with Gasteiger partial charge in [-0.25, -0.2) is 4.98 Å². The van der Waals surface area contributed by atoms with Crippen LogP contribution in [-0.4, -0.2) is 59.2 Å². The summed E-state index contributed by atoms with van der Waals surface area (Å²) in [4.78, 5) is 33.7. The maximum Gasteiger partial charge on any atom is 0.251 e. The van der Waals surface area contributed by atoms with E-state index in [1.807, 2.05) is 18.2 Å². The molecule has 1 amide bonds. The summed E-state index contributed by atoms with van der Waals surface area (Å²) in [6, 6.07) is 8.74. The molecule has 0 atom stereocenters. The minimum absolute atomic E-state index is 0.0677. The van der Waals surface area contributed by atoms with Gasteiger partial charge >= 0.3 is 0 Å². The van der Waals surface area contributed by atoms with Crippen LogP contribution in [0.1, 0.15) is 36.0 Å². The molecule has 0 spiro atoms. The number of H-pyrrole nitrogens is 1. The highest BCUT2D eigenvalue weighted by Crippen LogP contribution is 2.31. The minimum Gasteiger partial charge on any atom is -0.379 e. The number of nitrogens with one attached hydrogen (secondary N) is 2. The van der Waals surface area contributed by atoms with Crippen LogP contribution in [-0.2, 0) is 4.74 Å². The Labute approximate surface area is 164 Å². The molecule has 2 aromatic rings. The Morgan fingerprint density at radius 2 is 2.00 bits per heavy atom. The van der Waals surface area contributed by atoms with Gasteiger partial charge in [-0.15, -0.1) is 0 Å². The van der Waals surface area contributed by atoms with Crippen molar-refractivity contribution in [2.45, 2.75) is 31.2 Å². The van der Waals surface area contributed by atoms with Gasteiger partial charge in [0.25, 0.3) is 11.5 Å². The van der Waals surface area contributed by atoms with Gasteiger partial charge in [0.1, 0.15) is 0 Å². The third kappa shape index (κ3) is 4.31. The van der Waals surface area contributed by atoms with E-state index in [4.69, 9.17) is 4.74 Å². The number of nitrogens with zero attached hydrogens (tertiary/aromatic N) is 2. The van der Waals surface area contributed by atoms with Gasteiger partial charge in [-0.1, -0.05) is 25.0 Å². The first-order valence-corrected chi connectivity index (χ1v) is 9.91. The fraction of sp³-hybridized carbons (Fsp3) is 0.476. The zero-order chi connectivity index (χ0) is 19.4. The fourth-order valence-corrected chi connectivity index (χ4v) is 4.22. The number of ether oxygens (including phenoxy) is 1. The Balaban J connectivity index is 1.51. The molecular formula is C21H26N4O3. The molecule has 1 aromatic heterocycles. The monoisotopic (exact) mass is 382 g/mol. The highest BCUT2D eigenvalue weighted by atomic mass is 16.5. The quantitative estimate of drug-likeness (QED) is 0.824. The van der Waals surface area contributed by atoms with Crippen LogP contribution < -0.4 is 10.9 Å². The molecule has 7 nitrogen and oxygen atoms in total. The molecular weight excluding hydrogens is 356 g/mol. The number of benzene rings is 1. The normalized spacial score (nSPS) is 19.4. The molecule has 148 valence electrons. The van der Waals surface area contributed by atoms with E-state index in [1.165, 1.54) is 12.4 Å². The second kappa shape index (κ2) is 8.24. The molecule has 7 heteroatoms. The van der Waals surface area contributed by atoms with Crippen LogP contribution >= 0.6 is 0 Å². The van der Waals surface area contributed by atoms with Crippen LogP contribution in [0, 0.1) is 0 Å². The fourth-order valence-electron chi connectivity index (χ4n) is 4.22. The van der Waals surface area contributed by atoms with Crippen LogP contribution in [0.5, 0.6) is 0 Å². The number of rotatable bonds is 5. The topological polar surface area (TPSA) is 87.3 Å². The second-order valence-electron chi connectivity index (χ2n) is 7.71. The Bertz CT molecular complexity index is 883. The summed E-state index contributed by atoms with van der Waals surface area (Å²) in [7, 11) is 0. The zero-order valence-corrected chi connectivity index (χ0v) is 15.9. The average Bonchev–Trinajstić information content (AvgIpc) is 3.16. The first kappa shape index (κ1) is 18.8. The number of carbonyl (C=O) groups excluding carboxylic acids is 1. The minimum atomic E-state index is -0.213. The number of carbonyl (C=O) groups is 1. The van der Waals surface area contributed by atoms with E-state index in [-0.39, 0.29) is 17.0 Å². The van der Waals surface area contributed by atoms with Crippen molar-refractivity contribution in [2.75, 3.05) is 32.8 Å². The van der Waals surface area contributed by atoms with Gasteiger partial charge in [0, 0.05) is 36.8 Å². The molecule has 1 aromatic carbocycles. The number of amides is 1. The number of aromatic nitrogens is 2. The van der Waals surface area contributed by atoms with Crippen LogP contribution in [0.25, 0.3) is 11.3 Å². The van der Waals surface area contributed by atoms with Gasteiger partial charge in [0.15, 0.2) is 0 Å². The Kier molecular flexibility index (Phi) is 5.54. The Morgan fingerprint density at radius 3 is 2.75 bits per heavy atom. The van der Waals surface area contributed by atoms with Gasteiger partial charge in [0.2, 0.25) is 0 Å². The van der Waals surface area contributed by atoms with E-state index in [9.17, 15) is 9.59 Å². The molecule has 2 N–H and O–H groups in total. The van der Waals surface area contributed by atoms with Crippen molar-refractivity contribution in [3.8, 4) is 11.3 Å². The summed E-state index contributed by atoms with van der Waals surface area (Å²) in [5.74, 6) is -0.0677. The molecule has 0 bridgehead atoms. The van der Waals surface area contributed by atoms with Crippen molar-refractivity contribution >= 4 is 5.91 Å². The van der Waals surface area contributed by atoms with Gasteiger partial charge in [-0.05, 0) is 25.0 Å². The molecule has 4 rings (SSSR count). The van der Waals surface area contributed by atoms with Gasteiger partial charge < -0.3 is 15.0 Å². The molecule has 28 heavy (non-hydrogen) atoms. The second-order valence-corrected chi connectivity index (χ2v) is 7.71. The van der Waals surface area contributed by atoms with Crippen LogP contribution in [0.3, 0.4) is 0 Å². The first-order valence-electron chi connectivity index (χ1n) is 9.91. The maximum atomic E-state index is 13.1. The Hall–Kier alpha value is -2.51. The molecule has 1 aliphatic carbocycles. The van der Waals surface area contributed by atoms with Gasteiger partial charge in [-0.2, -0.15) is 0 Å². The molecule has 2 fully saturated rings. The van der Waals surface area contributed by atoms with Gasteiger partial charge in [0.05, 0.1) is 30.8 Å². The molecule has 2 aliphatic rings. The molecule has 1 aliphatic heterocycles. The summed E-state index contributed by atoms with van der Waals surface area (Å²) in [6.07, 6.45) is 5.67.